The van der Waals surface area contributed by atoms with Gasteiger partial charge in [-0.3, -0.25) is 4.98 Å². The van der Waals surface area contributed by atoms with E-state index >= 15 is 0 Å². The third-order valence-electron chi connectivity index (χ3n) is 2.27. The summed E-state index contributed by atoms with van der Waals surface area (Å²) in [5.74, 6) is 0. The molecule has 0 aliphatic heterocycles. The van der Waals surface area contributed by atoms with E-state index in [9.17, 15) is 0 Å². The van der Waals surface area contributed by atoms with Gasteiger partial charge in [0.05, 0.1) is 11.3 Å². The number of pyridine rings is 1. The lowest BCUT2D eigenvalue weighted by Crippen LogP contribution is -2.33. The van der Waals surface area contributed by atoms with E-state index in [2.05, 4.69) is 10.3 Å². The zero-order chi connectivity index (χ0) is 12.9. The van der Waals surface area contributed by atoms with Gasteiger partial charge in [0.1, 0.15) is 4.99 Å². The largest absolute Gasteiger partial charge is 0.388 e. The Bertz CT molecular complexity index is 393. The maximum atomic E-state index is 5.60. The predicted octanol–water partition coefficient (Wildman–Crippen LogP) is 1.94. The van der Waals surface area contributed by atoms with E-state index in [1.807, 2.05) is 32.9 Å². The molecule has 0 aliphatic rings. The molecule has 0 spiro atoms. The summed E-state index contributed by atoms with van der Waals surface area (Å²) < 4.78 is 5.60. The van der Waals surface area contributed by atoms with Crippen LogP contribution in [0.1, 0.15) is 26.5 Å². The van der Waals surface area contributed by atoms with Crippen LogP contribution in [0.2, 0.25) is 0 Å². The highest BCUT2D eigenvalue weighted by atomic mass is 32.1. The Hall–Kier alpha value is -1.20. The Balaban J connectivity index is 2.63. The highest BCUT2D eigenvalue weighted by Crippen LogP contribution is 2.13. The Labute approximate surface area is 108 Å². The second-order valence-corrected chi connectivity index (χ2v) is 4.78. The van der Waals surface area contributed by atoms with Gasteiger partial charge in [-0.15, -0.1) is 0 Å². The summed E-state index contributed by atoms with van der Waals surface area (Å²) in [4.78, 5) is 4.39. The fraction of sp³-hybridized carbons (Fsp3) is 0.500. The number of nitrogens with one attached hydrogen (secondary N) is 1. The normalized spacial score (nSPS) is 11.2. The Morgan fingerprint density at radius 3 is 2.88 bits per heavy atom. The third-order valence-corrected chi connectivity index (χ3v) is 2.47. The van der Waals surface area contributed by atoms with Gasteiger partial charge in [0.15, 0.2) is 0 Å². The zero-order valence-electron chi connectivity index (χ0n) is 10.5. The summed E-state index contributed by atoms with van der Waals surface area (Å²) in [7, 11) is 0. The summed E-state index contributed by atoms with van der Waals surface area (Å²) in [5.41, 5.74) is 6.89. The fourth-order valence-electron chi connectivity index (χ4n) is 1.43. The molecule has 5 heteroatoms. The molecule has 0 saturated carbocycles. The van der Waals surface area contributed by atoms with Crippen LogP contribution in [0.4, 0.5) is 5.69 Å². The minimum Gasteiger partial charge on any atom is -0.388 e. The first kappa shape index (κ1) is 13.9. The first-order chi connectivity index (χ1) is 7.94. The highest BCUT2D eigenvalue weighted by Gasteiger charge is 2.17. The van der Waals surface area contributed by atoms with Crippen molar-refractivity contribution in [1.82, 2.24) is 4.98 Å². The molecule has 1 rings (SSSR count). The van der Waals surface area contributed by atoms with Crippen LogP contribution in [0, 0.1) is 0 Å². The molecule has 0 amide bonds. The summed E-state index contributed by atoms with van der Waals surface area (Å²) in [6.07, 6.45) is 1.69. The number of rotatable bonds is 6. The SMILES string of the molecule is CCOC(C)(C)CNc1ccnc(C(N)=S)c1. The van der Waals surface area contributed by atoms with Crippen molar-refractivity contribution >= 4 is 22.9 Å². The van der Waals surface area contributed by atoms with Gasteiger partial charge in [0, 0.05) is 25.0 Å². The van der Waals surface area contributed by atoms with Crippen molar-refractivity contribution in [2.75, 3.05) is 18.5 Å². The summed E-state index contributed by atoms with van der Waals surface area (Å²) in [6, 6.07) is 3.72. The van der Waals surface area contributed by atoms with Crippen LogP contribution in [0.5, 0.6) is 0 Å². The zero-order valence-corrected chi connectivity index (χ0v) is 11.3. The Morgan fingerprint density at radius 1 is 1.59 bits per heavy atom. The first-order valence-corrected chi connectivity index (χ1v) is 5.99. The van der Waals surface area contributed by atoms with Gasteiger partial charge >= 0.3 is 0 Å². The van der Waals surface area contributed by atoms with Crippen molar-refractivity contribution in [1.29, 1.82) is 0 Å². The van der Waals surface area contributed by atoms with Crippen LogP contribution in [-0.4, -0.2) is 28.7 Å². The molecule has 1 aromatic heterocycles. The average Bonchev–Trinajstić information content (AvgIpc) is 2.27. The molecule has 0 aliphatic carbocycles. The second kappa shape index (κ2) is 5.93. The summed E-state index contributed by atoms with van der Waals surface area (Å²) in [6.45, 7) is 7.47. The smallest absolute Gasteiger partial charge is 0.122 e. The molecule has 1 heterocycles. The average molecular weight is 253 g/mol. The number of thiocarbonyl (C=S) groups is 1. The first-order valence-electron chi connectivity index (χ1n) is 5.58. The van der Waals surface area contributed by atoms with Crippen LogP contribution >= 0.6 is 12.2 Å². The van der Waals surface area contributed by atoms with Crippen molar-refractivity contribution in [3.05, 3.63) is 24.0 Å². The lowest BCUT2D eigenvalue weighted by molar-refractivity contribution is 0.000697. The van der Waals surface area contributed by atoms with Gasteiger partial charge in [0.25, 0.3) is 0 Å². The van der Waals surface area contributed by atoms with Gasteiger partial charge < -0.3 is 15.8 Å². The number of aromatic nitrogens is 1. The lowest BCUT2D eigenvalue weighted by atomic mass is 10.1. The van der Waals surface area contributed by atoms with E-state index in [1.165, 1.54) is 0 Å². The summed E-state index contributed by atoms with van der Waals surface area (Å²) >= 11 is 4.88. The van der Waals surface area contributed by atoms with Crippen molar-refractivity contribution in [2.45, 2.75) is 26.4 Å². The van der Waals surface area contributed by atoms with Gasteiger partial charge in [-0.1, -0.05) is 12.2 Å². The number of hydrogen-bond donors (Lipinski definition) is 2. The monoisotopic (exact) mass is 253 g/mol. The van der Waals surface area contributed by atoms with E-state index in [4.69, 9.17) is 22.7 Å². The predicted molar refractivity (Wildman–Crippen MR) is 74.3 cm³/mol. The van der Waals surface area contributed by atoms with Crippen molar-refractivity contribution < 1.29 is 4.74 Å². The molecule has 0 radical (unpaired) electrons. The van der Waals surface area contributed by atoms with E-state index in [0.717, 1.165) is 5.69 Å². The van der Waals surface area contributed by atoms with E-state index in [0.29, 0.717) is 23.8 Å². The second-order valence-electron chi connectivity index (χ2n) is 4.34. The Kier molecular flexibility index (Phi) is 4.84. The molecular weight excluding hydrogens is 234 g/mol. The molecule has 0 aromatic carbocycles. The topological polar surface area (TPSA) is 60.2 Å². The van der Waals surface area contributed by atoms with E-state index in [-0.39, 0.29) is 5.60 Å². The van der Waals surface area contributed by atoms with Crippen LogP contribution in [0.3, 0.4) is 0 Å². The number of anilines is 1. The molecule has 0 bridgehead atoms. The molecule has 4 nitrogen and oxygen atoms in total. The minimum atomic E-state index is -0.207. The molecule has 94 valence electrons. The van der Waals surface area contributed by atoms with Crippen molar-refractivity contribution in [3.8, 4) is 0 Å². The minimum absolute atomic E-state index is 0.207. The van der Waals surface area contributed by atoms with Crippen LogP contribution in [0.25, 0.3) is 0 Å². The molecule has 0 fully saturated rings. The molecule has 0 atom stereocenters. The van der Waals surface area contributed by atoms with Gasteiger partial charge in [-0.05, 0) is 32.9 Å². The quantitative estimate of drug-likeness (QED) is 0.759. The van der Waals surface area contributed by atoms with Crippen LogP contribution in [-0.2, 0) is 4.74 Å². The van der Waals surface area contributed by atoms with Crippen LogP contribution < -0.4 is 11.1 Å². The molecular formula is C12H19N3OS. The molecule has 17 heavy (non-hydrogen) atoms. The molecule has 1 aromatic rings. The van der Waals surface area contributed by atoms with Gasteiger partial charge in [-0.2, -0.15) is 0 Å². The maximum absolute atomic E-state index is 5.60. The number of hydrogen-bond acceptors (Lipinski definition) is 4. The molecule has 0 unspecified atom stereocenters. The lowest BCUT2D eigenvalue weighted by Gasteiger charge is -2.25. The number of nitrogens with two attached hydrogens (primary N) is 1. The highest BCUT2D eigenvalue weighted by molar-refractivity contribution is 7.80. The third kappa shape index (κ3) is 4.66. The standard InChI is InChI=1S/C12H19N3OS/c1-4-16-12(2,3)8-15-9-5-6-14-10(7-9)11(13)17/h5-7H,4,8H2,1-3H3,(H2,13,17)(H,14,15). The van der Waals surface area contributed by atoms with Crippen molar-refractivity contribution in [3.63, 3.8) is 0 Å². The maximum Gasteiger partial charge on any atom is 0.122 e. The van der Waals surface area contributed by atoms with E-state index in [1.54, 1.807) is 6.20 Å². The number of nitrogens with zero attached hydrogens (tertiary/aromatic N) is 1. The fourth-order valence-corrected chi connectivity index (χ4v) is 1.54. The molecule has 0 saturated heterocycles. The van der Waals surface area contributed by atoms with Crippen molar-refractivity contribution in [2.24, 2.45) is 5.73 Å². The Morgan fingerprint density at radius 2 is 2.29 bits per heavy atom. The van der Waals surface area contributed by atoms with Gasteiger partial charge in [0.2, 0.25) is 0 Å². The van der Waals surface area contributed by atoms with E-state index < -0.39 is 0 Å². The summed E-state index contributed by atoms with van der Waals surface area (Å²) in [5, 5.41) is 3.28. The van der Waals surface area contributed by atoms with Crippen LogP contribution in [0.15, 0.2) is 18.3 Å². The number of ether oxygens (including phenoxy) is 1. The van der Waals surface area contributed by atoms with Gasteiger partial charge in [-0.25, -0.2) is 0 Å². The molecule has 3 N–H and O–H groups in total.